The van der Waals surface area contributed by atoms with Crippen molar-refractivity contribution >= 4 is 23.4 Å². The Bertz CT molecular complexity index is 906. The largest absolute Gasteiger partial charge is 0.324 e. The Morgan fingerprint density at radius 2 is 1.23 bits per heavy atom. The fourth-order valence-electron chi connectivity index (χ4n) is 4.46. The molecule has 0 radical (unpaired) electrons. The van der Waals surface area contributed by atoms with Crippen LogP contribution in [0.1, 0.15) is 10.4 Å². The van der Waals surface area contributed by atoms with Gasteiger partial charge in [0, 0.05) is 5.56 Å². The van der Waals surface area contributed by atoms with Gasteiger partial charge in [0.2, 0.25) is 11.8 Å². The Kier molecular flexibility index (Phi) is 3.13. The van der Waals surface area contributed by atoms with Gasteiger partial charge in [-0.25, -0.2) is 4.90 Å². The fraction of sp³-hybridized carbons (Fsp3) is 0.190. The van der Waals surface area contributed by atoms with Gasteiger partial charge in [-0.05, 0) is 24.3 Å². The topological polar surface area (TPSA) is 57.7 Å². The highest BCUT2D eigenvalue weighted by Gasteiger charge is 2.64. The van der Waals surface area contributed by atoms with Crippen LogP contribution in [0, 0.1) is 11.8 Å². The number of rotatable bonds is 2. The third-order valence-corrected chi connectivity index (χ3v) is 5.55. The molecule has 0 aromatic heterocycles. The monoisotopic (exact) mass is 344 g/mol. The van der Waals surface area contributed by atoms with Crippen LogP contribution in [0.15, 0.2) is 72.8 Å². The summed E-state index contributed by atoms with van der Waals surface area (Å²) in [7, 11) is 0. The van der Waals surface area contributed by atoms with E-state index in [1.807, 2.05) is 48.6 Å². The van der Waals surface area contributed by atoms with Crippen molar-refractivity contribution in [2.24, 2.45) is 11.8 Å². The lowest BCUT2D eigenvalue weighted by molar-refractivity contribution is -0.123. The molecule has 5 rings (SSSR count). The van der Waals surface area contributed by atoms with E-state index in [0.717, 1.165) is 0 Å². The first kappa shape index (κ1) is 15.1. The zero-order valence-corrected chi connectivity index (χ0v) is 13.9. The van der Waals surface area contributed by atoms with Crippen LogP contribution >= 0.6 is 0 Å². The molecular weight excluding hydrogens is 328 g/mol. The molecule has 2 aromatic carbocycles. The molecule has 2 fully saturated rings. The number of hydrogen-bond donors (Lipinski definition) is 0. The second kappa shape index (κ2) is 5.39. The molecule has 128 valence electrons. The summed E-state index contributed by atoms with van der Waals surface area (Å²) in [6.07, 6.45) is 3.79. The third-order valence-electron chi connectivity index (χ3n) is 5.55. The Hall–Kier alpha value is -3.21. The molecule has 4 atom stereocenters. The van der Waals surface area contributed by atoms with Crippen molar-refractivity contribution in [2.45, 2.75) is 12.1 Å². The van der Waals surface area contributed by atoms with Gasteiger partial charge in [0.05, 0.1) is 29.6 Å². The van der Waals surface area contributed by atoms with E-state index >= 15 is 0 Å². The molecule has 2 aromatic rings. The van der Waals surface area contributed by atoms with Gasteiger partial charge in [-0.3, -0.25) is 14.4 Å². The zero-order chi connectivity index (χ0) is 17.8. The van der Waals surface area contributed by atoms with Gasteiger partial charge >= 0.3 is 0 Å². The molecule has 0 saturated carbocycles. The Labute approximate surface area is 150 Å². The van der Waals surface area contributed by atoms with E-state index in [9.17, 15) is 14.4 Å². The third kappa shape index (κ3) is 1.88. The normalized spacial score (nSPS) is 28.8. The van der Waals surface area contributed by atoms with Gasteiger partial charge in [0.1, 0.15) is 0 Å². The highest BCUT2D eigenvalue weighted by molar-refractivity contribution is 6.23. The molecule has 0 N–H and O–H groups in total. The maximum Gasteiger partial charge on any atom is 0.254 e. The average Bonchev–Trinajstić information content (AvgIpc) is 3.32. The Morgan fingerprint density at radius 3 is 1.77 bits per heavy atom. The van der Waals surface area contributed by atoms with E-state index in [4.69, 9.17) is 0 Å². The van der Waals surface area contributed by atoms with Crippen LogP contribution in [0.2, 0.25) is 0 Å². The summed E-state index contributed by atoms with van der Waals surface area (Å²) in [5.41, 5.74) is 1.17. The average molecular weight is 344 g/mol. The summed E-state index contributed by atoms with van der Waals surface area (Å²) >= 11 is 0. The number of amides is 3. The number of fused-ring (bicyclic) bond motifs is 5. The fourth-order valence-corrected chi connectivity index (χ4v) is 4.46. The van der Waals surface area contributed by atoms with Crippen LogP contribution in [-0.4, -0.2) is 34.7 Å². The first-order chi connectivity index (χ1) is 12.7. The first-order valence-corrected chi connectivity index (χ1v) is 8.67. The molecule has 5 nitrogen and oxygen atoms in total. The van der Waals surface area contributed by atoms with Crippen molar-refractivity contribution in [3.05, 3.63) is 78.4 Å². The number of nitrogens with zero attached hydrogens (tertiary/aromatic N) is 2. The van der Waals surface area contributed by atoms with Crippen LogP contribution in [0.25, 0.3) is 0 Å². The number of hydrogen-bond acceptors (Lipinski definition) is 3. The minimum Gasteiger partial charge on any atom is -0.324 e. The molecule has 0 unspecified atom stereocenters. The number of carbonyl (C=O) groups is 3. The molecule has 2 bridgehead atoms. The Morgan fingerprint density at radius 1 is 0.731 bits per heavy atom. The van der Waals surface area contributed by atoms with E-state index in [1.54, 1.807) is 29.2 Å². The van der Waals surface area contributed by atoms with E-state index in [0.29, 0.717) is 11.3 Å². The SMILES string of the molecule is O=C1[C@@H]2[C@H](C(=O)N1c1ccccc1)[C@@H]1C=C[C@H]2N1C(=O)c1ccccc1. The van der Waals surface area contributed by atoms with Crippen LogP contribution < -0.4 is 4.90 Å². The summed E-state index contributed by atoms with van der Waals surface area (Å²) < 4.78 is 0. The number of imide groups is 1. The smallest absolute Gasteiger partial charge is 0.254 e. The zero-order valence-electron chi connectivity index (χ0n) is 13.9. The van der Waals surface area contributed by atoms with Crippen LogP contribution in [0.3, 0.4) is 0 Å². The van der Waals surface area contributed by atoms with Gasteiger partial charge in [0.25, 0.3) is 5.91 Å². The van der Waals surface area contributed by atoms with Crippen molar-refractivity contribution in [3.8, 4) is 0 Å². The molecule has 0 spiro atoms. The summed E-state index contributed by atoms with van der Waals surface area (Å²) in [6, 6.07) is 17.3. The van der Waals surface area contributed by atoms with E-state index in [2.05, 4.69) is 0 Å². The molecule has 26 heavy (non-hydrogen) atoms. The van der Waals surface area contributed by atoms with Gasteiger partial charge in [-0.1, -0.05) is 48.6 Å². The quantitative estimate of drug-likeness (QED) is 0.620. The molecule has 0 aliphatic carbocycles. The second-order valence-corrected chi connectivity index (χ2v) is 6.84. The number of para-hydroxylation sites is 1. The van der Waals surface area contributed by atoms with Crippen molar-refractivity contribution < 1.29 is 14.4 Å². The predicted molar refractivity (Wildman–Crippen MR) is 95.2 cm³/mol. The molecular formula is C21H16N2O3. The molecule has 3 amide bonds. The first-order valence-electron chi connectivity index (χ1n) is 8.67. The summed E-state index contributed by atoms with van der Waals surface area (Å²) in [4.78, 5) is 42.0. The van der Waals surface area contributed by atoms with Gasteiger partial charge in [-0.2, -0.15) is 0 Å². The maximum atomic E-state index is 13.0. The van der Waals surface area contributed by atoms with Gasteiger partial charge in [0.15, 0.2) is 0 Å². The lowest BCUT2D eigenvalue weighted by Gasteiger charge is -2.26. The maximum absolute atomic E-state index is 13.0. The van der Waals surface area contributed by atoms with Crippen LogP contribution in [-0.2, 0) is 9.59 Å². The van der Waals surface area contributed by atoms with E-state index in [-0.39, 0.29) is 29.8 Å². The second-order valence-electron chi connectivity index (χ2n) is 6.84. The summed E-state index contributed by atoms with van der Waals surface area (Å²) in [5, 5.41) is 0. The molecule has 3 heterocycles. The molecule has 3 aliphatic rings. The lowest BCUT2D eigenvalue weighted by atomic mass is 9.85. The van der Waals surface area contributed by atoms with Crippen LogP contribution in [0.4, 0.5) is 5.69 Å². The minimum atomic E-state index is -0.495. The van der Waals surface area contributed by atoms with Crippen molar-refractivity contribution in [1.29, 1.82) is 0 Å². The minimum absolute atomic E-state index is 0.133. The highest BCUT2D eigenvalue weighted by Crippen LogP contribution is 2.48. The van der Waals surface area contributed by atoms with Crippen molar-refractivity contribution in [1.82, 2.24) is 4.90 Å². The lowest BCUT2D eigenvalue weighted by Crippen LogP contribution is -2.43. The van der Waals surface area contributed by atoms with Gasteiger partial charge in [-0.15, -0.1) is 0 Å². The van der Waals surface area contributed by atoms with E-state index in [1.165, 1.54) is 4.90 Å². The van der Waals surface area contributed by atoms with Gasteiger partial charge < -0.3 is 4.90 Å². The predicted octanol–water partition coefficient (Wildman–Crippen LogP) is 2.26. The van der Waals surface area contributed by atoms with Crippen LogP contribution in [0.5, 0.6) is 0 Å². The highest BCUT2D eigenvalue weighted by atomic mass is 16.2. The molecule has 3 aliphatic heterocycles. The Balaban J connectivity index is 1.50. The molecule has 2 saturated heterocycles. The standard InChI is InChI=1S/C21H16N2O3/c24-19(13-7-3-1-4-8-13)23-15-11-12-16(23)18-17(15)20(25)22(21(18)26)14-9-5-2-6-10-14/h1-12,15-18H/t15-,16+,17+,18-. The van der Waals surface area contributed by atoms with E-state index < -0.39 is 11.8 Å². The van der Waals surface area contributed by atoms with Crippen molar-refractivity contribution in [3.63, 3.8) is 0 Å². The number of carbonyl (C=O) groups excluding carboxylic acids is 3. The molecule has 5 heteroatoms. The summed E-state index contributed by atoms with van der Waals surface area (Å²) in [5.74, 6) is -1.55. The summed E-state index contributed by atoms with van der Waals surface area (Å²) in [6.45, 7) is 0. The number of anilines is 1. The van der Waals surface area contributed by atoms with Crippen molar-refractivity contribution in [2.75, 3.05) is 4.90 Å². The number of benzene rings is 2.